The van der Waals surface area contributed by atoms with Crippen LogP contribution >= 0.6 is 0 Å². The molecule has 0 spiro atoms. The number of likely N-dealkylation sites (tertiary alicyclic amines) is 1. The zero-order chi connectivity index (χ0) is 14.4. The van der Waals surface area contributed by atoms with Gasteiger partial charge in [-0.2, -0.15) is 0 Å². The first-order valence-electron chi connectivity index (χ1n) is 7.17. The van der Waals surface area contributed by atoms with Crippen LogP contribution in [0.2, 0.25) is 0 Å². The SMILES string of the molecule is CCOc1ccccc1NC(=O)NC1CCN(C)CC1. The lowest BCUT2D eigenvalue weighted by Crippen LogP contribution is -2.44. The number of para-hydroxylation sites is 2. The molecule has 2 rings (SSSR count). The number of carbonyl (C=O) groups is 1. The molecule has 1 aliphatic rings. The van der Waals surface area contributed by atoms with Crippen molar-refractivity contribution in [2.75, 3.05) is 32.1 Å². The van der Waals surface area contributed by atoms with Crippen molar-refractivity contribution in [1.82, 2.24) is 10.2 Å². The van der Waals surface area contributed by atoms with Gasteiger partial charge in [-0.05, 0) is 52.0 Å². The number of rotatable bonds is 4. The number of hydrogen-bond acceptors (Lipinski definition) is 3. The fourth-order valence-corrected chi connectivity index (χ4v) is 2.35. The summed E-state index contributed by atoms with van der Waals surface area (Å²) in [5.41, 5.74) is 0.708. The van der Waals surface area contributed by atoms with Crippen LogP contribution in [0.4, 0.5) is 10.5 Å². The van der Waals surface area contributed by atoms with Crippen molar-refractivity contribution in [3.05, 3.63) is 24.3 Å². The molecule has 0 atom stereocenters. The summed E-state index contributed by atoms with van der Waals surface area (Å²) in [5, 5.41) is 5.89. The van der Waals surface area contributed by atoms with Gasteiger partial charge in [0, 0.05) is 6.04 Å². The predicted octanol–water partition coefficient (Wildman–Crippen LogP) is 2.30. The number of piperidine rings is 1. The normalized spacial score (nSPS) is 16.7. The van der Waals surface area contributed by atoms with Crippen molar-refractivity contribution in [3.8, 4) is 5.75 Å². The predicted molar refractivity (Wildman–Crippen MR) is 80.3 cm³/mol. The minimum Gasteiger partial charge on any atom is -0.492 e. The Morgan fingerprint density at radius 3 is 2.75 bits per heavy atom. The van der Waals surface area contributed by atoms with Crippen LogP contribution in [0.3, 0.4) is 0 Å². The topological polar surface area (TPSA) is 53.6 Å². The van der Waals surface area contributed by atoms with Crippen molar-refractivity contribution in [2.24, 2.45) is 0 Å². The molecule has 0 aliphatic carbocycles. The summed E-state index contributed by atoms with van der Waals surface area (Å²) in [4.78, 5) is 14.3. The van der Waals surface area contributed by atoms with E-state index in [1.54, 1.807) is 0 Å². The summed E-state index contributed by atoms with van der Waals surface area (Å²) < 4.78 is 5.49. The van der Waals surface area contributed by atoms with Crippen LogP contribution in [-0.2, 0) is 0 Å². The Morgan fingerprint density at radius 1 is 1.35 bits per heavy atom. The molecule has 1 aromatic rings. The summed E-state index contributed by atoms with van der Waals surface area (Å²) >= 11 is 0. The number of urea groups is 1. The molecule has 2 N–H and O–H groups in total. The number of hydrogen-bond donors (Lipinski definition) is 2. The first-order valence-corrected chi connectivity index (χ1v) is 7.17. The highest BCUT2D eigenvalue weighted by Crippen LogP contribution is 2.23. The molecule has 0 radical (unpaired) electrons. The number of anilines is 1. The first kappa shape index (κ1) is 14.7. The second-order valence-corrected chi connectivity index (χ2v) is 5.11. The maximum Gasteiger partial charge on any atom is 0.319 e. The smallest absolute Gasteiger partial charge is 0.319 e. The average Bonchev–Trinajstić information content (AvgIpc) is 2.44. The molecule has 0 saturated carbocycles. The lowest BCUT2D eigenvalue weighted by atomic mass is 10.1. The van der Waals surface area contributed by atoms with Crippen LogP contribution in [0.25, 0.3) is 0 Å². The van der Waals surface area contributed by atoms with Crippen LogP contribution in [0.1, 0.15) is 19.8 Å². The average molecular weight is 277 g/mol. The summed E-state index contributed by atoms with van der Waals surface area (Å²) in [6.07, 6.45) is 1.99. The third-order valence-corrected chi connectivity index (χ3v) is 3.49. The van der Waals surface area contributed by atoms with E-state index >= 15 is 0 Å². The minimum absolute atomic E-state index is 0.160. The Labute approximate surface area is 120 Å². The van der Waals surface area contributed by atoms with Crippen LogP contribution in [0.15, 0.2) is 24.3 Å². The number of benzene rings is 1. The summed E-state index contributed by atoms with van der Waals surface area (Å²) in [5.74, 6) is 0.702. The van der Waals surface area contributed by atoms with Crippen molar-refractivity contribution in [1.29, 1.82) is 0 Å². The third kappa shape index (κ3) is 4.13. The molecule has 1 saturated heterocycles. The van der Waals surface area contributed by atoms with Gasteiger partial charge >= 0.3 is 6.03 Å². The second kappa shape index (κ2) is 7.14. The molecule has 0 bridgehead atoms. The number of amides is 2. The fourth-order valence-electron chi connectivity index (χ4n) is 2.35. The molecule has 1 fully saturated rings. The summed E-state index contributed by atoms with van der Waals surface area (Å²) in [6, 6.07) is 7.57. The largest absolute Gasteiger partial charge is 0.492 e. The molecular formula is C15H23N3O2. The van der Waals surface area contributed by atoms with E-state index in [1.165, 1.54) is 0 Å². The zero-order valence-corrected chi connectivity index (χ0v) is 12.2. The van der Waals surface area contributed by atoms with Gasteiger partial charge in [0.15, 0.2) is 0 Å². The van der Waals surface area contributed by atoms with Crippen molar-refractivity contribution < 1.29 is 9.53 Å². The maximum atomic E-state index is 12.0. The quantitative estimate of drug-likeness (QED) is 0.888. The molecule has 5 heteroatoms. The molecule has 1 heterocycles. The van der Waals surface area contributed by atoms with Crippen LogP contribution in [0.5, 0.6) is 5.75 Å². The molecule has 0 unspecified atom stereocenters. The molecule has 1 aromatic carbocycles. The van der Waals surface area contributed by atoms with Gasteiger partial charge in [0.25, 0.3) is 0 Å². The monoisotopic (exact) mass is 277 g/mol. The van der Waals surface area contributed by atoms with E-state index in [4.69, 9.17) is 4.74 Å². The molecular weight excluding hydrogens is 254 g/mol. The molecule has 1 aliphatic heterocycles. The van der Waals surface area contributed by atoms with Gasteiger partial charge in [0.2, 0.25) is 0 Å². The van der Waals surface area contributed by atoms with E-state index in [2.05, 4.69) is 22.6 Å². The number of carbonyl (C=O) groups excluding carboxylic acids is 1. The van der Waals surface area contributed by atoms with Crippen molar-refractivity contribution in [3.63, 3.8) is 0 Å². The standard InChI is InChI=1S/C15H23N3O2/c1-3-20-14-7-5-4-6-13(14)17-15(19)16-12-8-10-18(2)11-9-12/h4-7,12H,3,8-11H2,1-2H3,(H2,16,17,19). The Balaban J connectivity index is 1.88. The molecule has 20 heavy (non-hydrogen) atoms. The molecule has 0 aromatic heterocycles. The zero-order valence-electron chi connectivity index (χ0n) is 12.2. The molecule has 110 valence electrons. The van der Waals surface area contributed by atoms with Crippen LogP contribution < -0.4 is 15.4 Å². The van der Waals surface area contributed by atoms with Gasteiger partial charge in [-0.1, -0.05) is 12.1 Å². The van der Waals surface area contributed by atoms with E-state index < -0.39 is 0 Å². The van der Waals surface area contributed by atoms with Crippen molar-refractivity contribution >= 4 is 11.7 Å². The van der Waals surface area contributed by atoms with Crippen LogP contribution in [-0.4, -0.2) is 43.7 Å². The highest BCUT2D eigenvalue weighted by Gasteiger charge is 2.18. The van der Waals surface area contributed by atoms with Gasteiger partial charge in [-0.3, -0.25) is 0 Å². The van der Waals surface area contributed by atoms with Gasteiger partial charge in [0.05, 0.1) is 12.3 Å². The Kier molecular flexibility index (Phi) is 5.24. The Bertz CT molecular complexity index is 442. The molecule has 2 amide bonds. The summed E-state index contributed by atoms with van der Waals surface area (Å²) in [7, 11) is 2.11. The number of nitrogens with zero attached hydrogens (tertiary/aromatic N) is 1. The lowest BCUT2D eigenvalue weighted by molar-refractivity contribution is 0.221. The highest BCUT2D eigenvalue weighted by molar-refractivity contribution is 5.91. The van der Waals surface area contributed by atoms with Gasteiger partial charge in [0.1, 0.15) is 5.75 Å². The van der Waals surface area contributed by atoms with Crippen molar-refractivity contribution in [2.45, 2.75) is 25.8 Å². The van der Waals surface area contributed by atoms with Gasteiger partial charge in [-0.25, -0.2) is 4.79 Å². The van der Waals surface area contributed by atoms with Gasteiger partial charge < -0.3 is 20.3 Å². The number of ether oxygens (including phenoxy) is 1. The van der Waals surface area contributed by atoms with E-state index in [0.29, 0.717) is 18.0 Å². The second-order valence-electron chi connectivity index (χ2n) is 5.11. The molecule has 5 nitrogen and oxygen atoms in total. The Hall–Kier alpha value is -1.75. The van der Waals surface area contributed by atoms with E-state index in [0.717, 1.165) is 25.9 Å². The first-order chi connectivity index (χ1) is 9.69. The van der Waals surface area contributed by atoms with E-state index in [1.807, 2.05) is 31.2 Å². The fraction of sp³-hybridized carbons (Fsp3) is 0.533. The van der Waals surface area contributed by atoms with E-state index in [9.17, 15) is 4.79 Å². The van der Waals surface area contributed by atoms with Crippen LogP contribution in [0, 0.1) is 0 Å². The maximum absolute atomic E-state index is 12.0. The number of nitrogens with one attached hydrogen (secondary N) is 2. The minimum atomic E-state index is -0.160. The highest BCUT2D eigenvalue weighted by atomic mass is 16.5. The van der Waals surface area contributed by atoms with Gasteiger partial charge in [-0.15, -0.1) is 0 Å². The van der Waals surface area contributed by atoms with E-state index in [-0.39, 0.29) is 12.1 Å². The third-order valence-electron chi connectivity index (χ3n) is 3.49. The lowest BCUT2D eigenvalue weighted by Gasteiger charge is -2.29. The Morgan fingerprint density at radius 2 is 2.05 bits per heavy atom. The summed E-state index contributed by atoms with van der Waals surface area (Å²) in [6.45, 7) is 4.56.